The summed E-state index contributed by atoms with van der Waals surface area (Å²) in [5.74, 6) is 0.281. The molecule has 1 aromatic heterocycles. The Morgan fingerprint density at radius 2 is 2.19 bits per heavy atom. The van der Waals surface area contributed by atoms with Crippen molar-refractivity contribution in [2.24, 2.45) is 5.92 Å². The number of H-pyrrole nitrogens is 1. The Hall–Kier alpha value is -2.22. The summed E-state index contributed by atoms with van der Waals surface area (Å²) in [4.78, 5) is 23.3. The van der Waals surface area contributed by atoms with Crippen LogP contribution in [0, 0.1) is 5.92 Å². The fourth-order valence-corrected chi connectivity index (χ4v) is 4.93. The molecule has 0 radical (unpaired) electrons. The number of aromatic amines is 1. The summed E-state index contributed by atoms with van der Waals surface area (Å²) in [6.07, 6.45) is 5.62. The molecule has 174 valence electrons. The number of hydrogen-bond donors (Lipinski definition) is 1. The Balaban J connectivity index is 1.63. The van der Waals surface area contributed by atoms with E-state index in [2.05, 4.69) is 34.8 Å². The first-order valence-corrected chi connectivity index (χ1v) is 11.7. The molecule has 1 N–H and O–H groups in total. The second kappa shape index (κ2) is 9.73. The molecule has 0 saturated carbocycles. The van der Waals surface area contributed by atoms with Gasteiger partial charge in [-0.2, -0.15) is 0 Å². The highest BCUT2D eigenvalue weighted by Gasteiger charge is 2.48. The second-order valence-electron chi connectivity index (χ2n) is 9.17. The molecule has 3 unspecified atom stereocenters. The average Bonchev–Trinajstić information content (AvgIpc) is 3.31. The molecule has 3 heterocycles. The van der Waals surface area contributed by atoms with Gasteiger partial charge < -0.3 is 14.6 Å². The first-order chi connectivity index (χ1) is 15.4. The zero-order valence-corrected chi connectivity index (χ0v) is 19.6. The fraction of sp³-hybridized carbons (Fsp3) is 0.560. The predicted octanol–water partition coefficient (Wildman–Crippen LogP) is 3.94. The van der Waals surface area contributed by atoms with E-state index in [1.807, 2.05) is 30.2 Å². The fourth-order valence-electron chi connectivity index (χ4n) is 4.93. The predicted molar refractivity (Wildman–Crippen MR) is 126 cm³/mol. The van der Waals surface area contributed by atoms with Gasteiger partial charge in [0.15, 0.2) is 0 Å². The summed E-state index contributed by atoms with van der Waals surface area (Å²) < 4.78 is 19.7. The quantitative estimate of drug-likeness (QED) is 0.673. The largest absolute Gasteiger partial charge is 0.383 e. The average molecular weight is 443 g/mol. The van der Waals surface area contributed by atoms with Crippen molar-refractivity contribution in [3.63, 3.8) is 0 Å². The van der Waals surface area contributed by atoms with E-state index in [0.717, 1.165) is 48.2 Å². The maximum Gasteiger partial charge on any atom is 0.248 e. The molecule has 7 heteroatoms. The van der Waals surface area contributed by atoms with Crippen LogP contribution in [0.4, 0.5) is 10.1 Å². The number of likely N-dealkylation sites (N-methyl/N-ethyl adjacent to an activating group) is 1. The summed E-state index contributed by atoms with van der Waals surface area (Å²) in [5.41, 5.74) is 2.90. The number of allylic oxidation sites excluding steroid dienone is 2. The van der Waals surface area contributed by atoms with E-state index in [-0.39, 0.29) is 29.9 Å². The number of carbonyl (C=O) groups is 1. The Bertz CT molecular complexity index is 987. The highest BCUT2D eigenvalue weighted by Crippen LogP contribution is 2.36. The molecule has 4 rings (SSSR count). The summed E-state index contributed by atoms with van der Waals surface area (Å²) in [6.45, 7) is 7.06. The molecule has 2 aliphatic rings. The Kier molecular flexibility index (Phi) is 6.98. The van der Waals surface area contributed by atoms with Gasteiger partial charge in [-0.1, -0.05) is 32.1 Å². The lowest BCUT2D eigenvalue weighted by molar-refractivity contribution is -0.121. The highest BCUT2D eigenvalue weighted by molar-refractivity contribution is 6.07. The van der Waals surface area contributed by atoms with Crippen LogP contribution in [0.1, 0.15) is 32.3 Å². The molecule has 6 nitrogen and oxygen atoms in total. The van der Waals surface area contributed by atoms with E-state index < -0.39 is 0 Å². The molecule has 2 saturated heterocycles. The van der Waals surface area contributed by atoms with Gasteiger partial charge in [-0.05, 0) is 37.4 Å². The number of benzene rings is 1. The van der Waals surface area contributed by atoms with Crippen molar-refractivity contribution < 1.29 is 13.9 Å². The number of ether oxygens (including phenoxy) is 1. The third-order valence-corrected chi connectivity index (χ3v) is 6.92. The number of methoxy groups -OCH3 is 1. The number of fused-ring (bicyclic) bond motifs is 2. The van der Waals surface area contributed by atoms with E-state index in [9.17, 15) is 9.18 Å². The van der Waals surface area contributed by atoms with Gasteiger partial charge in [-0.15, -0.1) is 0 Å². The monoisotopic (exact) mass is 442 g/mol. The Morgan fingerprint density at radius 3 is 2.94 bits per heavy atom. The number of halogens is 1. The van der Waals surface area contributed by atoms with Gasteiger partial charge in [0.25, 0.3) is 0 Å². The number of carbonyl (C=O) groups excluding carboxylic acids is 1. The van der Waals surface area contributed by atoms with Crippen LogP contribution in [0.2, 0.25) is 0 Å². The van der Waals surface area contributed by atoms with E-state index >= 15 is 0 Å². The molecular formula is C25H35FN4O2. The maximum atomic E-state index is 14.3. The third kappa shape index (κ3) is 4.34. The van der Waals surface area contributed by atoms with Crippen molar-refractivity contribution >= 4 is 22.5 Å². The number of amides is 1. The first-order valence-electron chi connectivity index (χ1n) is 11.7. The Morgan fingerprint density at radius 1 is 1.38 bits per heavy atom. The summed E-state index contributed by atoms with van der Waals surface area (Å²) >= 11 is 0. The number of nitrogens with zero attached hydrogens (tertiary/aromatic N) is 3. The molecule has 32 heavy (non-hydrogen) atoms. The molecule has 0 aliphatic carbocycles. The lowest BCUT2D eigenvalue weighted by Gasteiger charge is -2.39. The number of rotatable bonds is 8. The molecule has 2 aromatic rings. The van der Waals surface area contributed by atoms with Gasteiger partial charge in [0, 0.05) is 44.7 Å². The number of piperazine rings is 1. The zero-order chi connectivity index (χ0) is 22.8. The number of nitrogens with one attached hydrogen (secondary N) is 1. The number of aryl methyl sites for hydroxylation is 1. The third-order valence-electron chi connectivity index (χ3n) is 6.92. The van der Waals surface area contributed by atoms with Crippen LogP contribution in [-0.2, 0) is 16.0 Å². The van der Waals surface area contributed by atoms with Gasteiger partial charge in [-0.25, -0.2) is 4.39 Å². The SMILES string of the molecule is CCC(C)/C=C(/F)CCc1c[nH]c2c(N3C(=O)C(COC)N4CCN(C)CC34)cccc12. The molecule has 3 atom stereocenters. The number of para-hydroxylation sites is 1. The molecule has 0 spiro atoms. The summed E-state index contributed by atoms with van der Waals surface area (Å²) in [5, 5.41) is 1.05. The molecule has 2 fully saturated rings. The molecule has 1 amide bonds. The topological polar surface area (TPSA) is 51.8 Å². The van der Waals surface area contributed by atoms with Crippen LogP contribution in [-0.4, -0.2) is 73.3 Å². The van der Waals surface area contributed by atoms with Crippen molar-refractivity contribution in [1.82, 2.24) is 14.8 Å². The van der Waals surface area contributed by atoms with Crippen LogP contribution in [0.5, 0.6) is 0 Å². The minimum Gasteiger partial charge on any atom is -0.383 e. The van der Waals surface area contributed by atoms with E-state index in [1.54, 1.807) is 13.2 Å². The molecular weight excluding hydrogens is 407 g/mol. The number of hydrogen-bond acceptors (Lipinski definition) is 4. The zero-order valence-electron chi connectivity index (χ0n) is 19.6. The van der Waals surface area contributed by atoms with Crippen LogP contribution in [0.15, 0.2) is 36.3 Å². The van der Waals surface area contributed by atoms with E-state index in [4.69, 9.17) is 4.74 Å². The lowest BCUT2D eigenvalue weighted by atomic mass is 10.0. The summed E-state index contributed by atoms with van der Waals surface area (Å²) in [7, 11) is 3.74. The van der Waals surface area contributed by atoms with Gasteiger partial charge in [-0.3, -0.25) is 14.6 Å². The lowest BCUT2D eigenvalue weighted by Crippen LogP contribution is -2.55. The smallest absolute Gasteiger partial charge is 0.248 e. The van der Waals surface area contributed by atoms with Gasteiger partial charge in [0.1, 0.15) is 12.2 Å². The Labute approximate surface area is 190 Å². The van der Waals surface area contributed by atoms with Crippen molar-refractivity contribution in [2.75, 3.05) is 45.3 Å². The molecule has 1 aromatic carbocycles. The van der Waals surface area contributed by atoms with Crippen LogP contribution < -0.4 is 4.90 Å². The van der Waals surface area contributed by atoms with Crippen LogP contribution in [0.3, 0.4) is 0 Å². The van der Waals surface area contributed by atoms with Gasteiger partial charge in [0.05, 0.1) is 23.6 Å². The molecule has 0 bridgehead atoms. The van der Waals surface area contributed by atoms with E-state index in [1.165, 1.54) is 0 Å². The minimum atomic E-state index is -0.261. The number of anilines is 1. The van der Waals surface area contributed by atoms with Crippen molar-refractivity contribution in [3.05, 3.63) is 41.9 Å². The standard InChI is InChI=1S/C25H35FN4O2/c1-5-17(2)13-19(26)10-9-18-14-27-24-20(18)7-6-8-21(24)30-23-15-28(3)11-12-29(23)22(16-32-4)25(30)31/h6-8,13-14,17,22-23,27H,5,9-12,15-16H2,1-4H3/b19-13+. The normalized spacial score (nSPS) is 23.8. The van der Waals surface area contributed by atoms with E-state index in [0.29, 0.717) is 19.4 Å². The minimum absolute atomic E-state index is 0.0188. The first kappa shape index (κ1) is 23.0. The number of aromatic nitrogens is 1. The second-order valence-corrected chi connectivity index (χ2v) is 9.17. The van der Waals surface area contributed by atoms with Crippen molar-refractivity contribution in [2.45, 2.75) is 45.3 Å². The van der Waals surface area contributed by atoms with Gasteiger partial charge >= 0.3 is 0 Å². The van der Waals surface area contributed by atoms with Crippen LogP contribution >= 0.6 is 0 Å². The summed E-state index contributed by atoms with van der Waals surface area (Å²) in [6, 6.07) is 5.79. The van der Waals surface area contributed by atoms with Crippen molar-refractivity contribution in [1.29, 1.82) is 0 Å². The highest BCUT2D eigenvalue weighted by atomic mass is 19.1. The van der Waals surface area contributed by atoms with Gasteiger partial charge in [0.2, 0.25) is 5.91 Å². The maximum absolute atomic E-state index is 14.3. The van der Waals surface area contributed by atoms with Crippen molar-refractivity contribution in [3.8, 4) is 0 Å². The molecule has 2 aliphatic heterocycles. The van der Waals surface area contributed by atoms with Crippen LogP contribution in [0.25, 0.3) is 10.9 Å².